The Hall–Kier alpha value is -0.370. The first-order valence-corrected chi connectivity index (χ1v) is 8.61. The van der Waals surface area contributed by atoms with Crippen LogP contribution >= 0.6 is 15.9 Å². The van der Waals surface area contributed by atoms with Gasteiger partial charge in [-0.2, -0.15) is 4.31 Å². The average molecular weight is 352 g/mol. The molecule has 0 radical (unpaired) electrons. The summed E-state index contributed by atoms with van der Waals surface area (Å²) in [6.07, 6.45) is 3.38. The van der Waals surface area contributed by atoms with Gasteiger partial charge in [0.05, 0.1) is 0 Å². The van der Waals surface area contributed by atoms with Crippen LogP contribution in [0.2, 0.25) is 0 Å². The molecule has 7 heteroatoms. The van der Waals surface area contributed by atoms with Crippen molar-refractivity contribution < 1.29 is 17.9 Å². The van der Waals surface area contributed by atoms with E-state index < -0.39 is 10.0 Å². The largest absolute Gasteiger partial charge is 0.450 e. The highest BCUT2D eigenvalue weighted by molar-refractivity contribution is 9.10. The summed E-state index contributed by atoms with van der Waals surface area (Å²) < 4.78 is 31.9. The second-order valence-corrected chi connectivity index (χ2v) is 7.39. The summed E-state index contributed by atoms with van der Waals surface area (Å²) in [7, 11) is -3.56. The molecule has 1 fully saturated rings. The zero-order valence-electron chi connectivity index (χ0n) is 10.8. The fourth-order valence-electron chi connectivity index (χ4n) is 2.15. The summed E-state index contributed by atoms with van der Waals surface area (Å²) in [5.41, 5.74) is 0. The van der Waals surface area contributed by atoms with Crippen LogP contribution in [-0.2, 0) is 16.6 Å². The van der Waals surface area contributed by atoms with Gasteiger partial charge in [0, 0.05) is 19.2 Å². The van der Waals surface area contributed by atoms with E-state index in [9.17, 15) is 8.42 Å². The smallest absolute Gasteiger partial charge is 0.247 e. The minimum atomic E-state index is -3.56. The van der Waals surface area contributed by atoms with Gasteiger partial charge in [-0.3, -0.25) is 0 Å². The van der Waals surface area contributed by atoms with Crippen LogP contribution in [0.5, 0.6) is 0 Å². The van der Waals surface area contributed by atoms with E-state index in [-0.39, 0.29) is 21.9 Å². The van der Waals surface area contributed by atoms with Crippen LogP contribution in [0.25, 0.3) is 0 Å². The van der Waals surface area contributed by atoms with Gasteiger partial charge in [-0.25, -0.2) is 8.42 Å². The molecule has 2 rings (SSSR count). The Kier molecular flexibility index (Phi) is 4.70. The Morgan fingerprint density at radius 2 is 2.21 bits per heavy atom. The van der Waals surface area contributed by atoms with Crippen molar-refractivity contribution in [3.63, 3.8) is 0 Å². The predicted molar refractivity (Wildman–Crippen MR) is 74.1 cm³/mol. The third-order valence-corrected chi connectivity index (χ3v) is 6.32. The summed E-state index contributed by atoms with van der Waals surface area (Å²) in [5, 5.41) is 9.01. The Labute approximate surface area is 121 Å². The van der Waals surface area contributed by atoms with Crippen LogP contribution in [0.15, 0.2) is 20.0 Å². The summed E-state index contributed by atoms with van der Waals surface area (Å²) >= 11 is 3.10. The van der Waals surface area contributed by atoms with E-state index in [1.54, 1.807) is 0 Å². The second-order valence-electron chi connectivity index (χ2n) is 4.76. The van der Waals surface area contributed by atoms with Gasteiger partial charge in [-0.15, -0.1) is 0 Å². The molecule has 0 aromatic carbocycles. The monoisotopic (exact) mass is 351 g/mol. The molecule has 1 aromatic rings. The highest BCUT2D eigenvalue weighted by atomic mass is 79.9. The lowest BCUT2D eigenvalue weighted by molar-refractivity contribution is 0.244. The average Bonchev–Trinajstić information content (AvgIpc) is 2.69. The lowest BCUT2D eigenvalue weighted by atomic mass is 9.85. The summed E-state index contributed by atoms with van der Waals surface area (Å²) in [4.78, 5) is 0.0951. The molecule has 0 bridgehead atoms. The van der Waals surface area contributed by atoms with E-state index in [0.29, 0.717) is 19.0 Å². The van der Waals surface area contributed by atoms with E-state index >= 15 is 0 Å². The fraction of sp³-hybridized carbons (Fsp3) is 0.667. The van der Waals surface area contributed by atoms with Crippen LogP contribution in [0, 0.1) is 5.92 Å². The van der Waals surface area contributed by atoms with Crippen LogP contribution in [0.3, 0.4) is 0 Å². The molecule has 1 heterocycles. The number of nitrogens with zero attached hydrogens (tertiary/aromatic N) is 1. The fourth-order valence-corrected chi connectivity index (χ4v) is 4.64. The van der Waals surface area contributed by atoms with Gasteiger partial charge in [0.15, 0.2) is 4.67 Å². The maximum absolute atomic E-state index is 12.5. The number of furan rings is 1. The number of rotatable bonds is 6. The molecule has 1 aliphatic rings. The molecule has 19 heavy (non-hydrogen) atoms. The number of halogens is 1. The van der Waals surface area contributed by atoms with Gasteiger partial charge in [0.2, 0.25) is 10.0 Å². The van der Waals surface area contributed by atoms with Crippen LogP contribution < -0.4 is 0 Å². The van der Waals surface area contributed by atoms with Crippen LogP contribution in [0.1, 0.15) is 31.9 Å². The van der Waals surface area contributed by atoms with Gasteiger partial charge in [-0.1, -0.05) is 13.3 Å². The highest BCUT2D eigenvalue weighted by Crippen LogP contribution is 2.32. The molecule has 0 aliphatic heterocycles. The van der Waals surface area contributed by atoms with Crippen molar-refractivity contribution >= 4 is 26.0 Å². The SMILES string of the molecule is CCN(CC1CCC1)S(=O)(=O)c1cc(CO)oc1Br. The summed E-state index contributed by atoms with van der Waals surface area (Å²) in [6.45, 7) is 2.51. The van der Waals surface area contributed by atoms with Crippen molar-refractivity contribution in [1.29, 1.82) is 0 Å². The van der Waals surface area contributed by atoms with Gasteiger partial charge < -0.3 is 9.52 Å². The van der Waals surface area contributed by atoms with Crippen LogP contribution in [-0.4, -0.2) is 30.9 Å². The summed E-state index contributed by atoms with van der Waals surface area (Å²) in [5.74, 6) is 0.711. The molecule has 0 amide bonds. The predicted octanol–water partition coefficient (Wildman–Crippen LogP) is 2.35. The molecule has 1 N–H and O–H groups in total. The normalized spacial score (nSPS) is 16.8. The van der Waals surface area contributed by atoms with Crippen molar-refractivity contribution in [3.05, 3.63) is 16.5 Å². The summed E-state index contributed by atoms with van der Waals surface area (Å²) in [6, 6.07) is 1.38. The maximum Gasteiger partial charge on any atom is 0.247 e. The molecule has 0 atom stereocenters. The van der Waals surface area contributed by atoms with Crippen molar-refractivity contribution in [3.8, 4) is 0 Å². The van der Waals surface area contributed by atoms with Gasteiger partial charge in [0.1, 0.15) is 17.3 Å². The van der Waals surface area contributed by atoms with Gasteiger partial charge in [0.25, 0.3) is 0 Å². The van der Waals surface area contributed by atoms with Gasteiger partial charge in [-0.05, 0) is 34.7 Å². The van der Waals surface area contributed by atoms with E-state index in [0.717, 1.165) is 12.8 Å². The molecule has 1 aromatic heterocycles. The van der Waals surface area contributed by atoms with E-state index in [1.165, 1.54) is 16.8 Å². The number of aliphatic hydroxyl groups is 1. The molecule has 5 nitrogen and oxygen atoms in total. The van der Waals surface area contributed by atoms with Crippen molar-refractivity contribution in [1.82, 2.24) is 4.31 Å². The quantitative estimate of drug-likeness (QED) is 0.853. The molecule has 1 saturated carbocycles. The number of hydrogen-bond donors (Lipinski definition) is 1. The Morgan fingerprint density at radius 3 is 2.63 bits per heavy atom. The number of aliphatic hydroxyl groups excluding tert-OH is 1. The van der Waals surface area contributed by atoms with Crippen molar-refractivity contribution in [2.24, 2.45) is 5.92 Å². The van der Waals surface area contributed by atoms with Gasteiger partial charge >= 0.3 is 0 Å². The molecule has 108 valence electrons. The highest BCUT2D eigenvalue weighted by Gasteiger charge is 2.31. The molecule has 1 aliphatic carbocycles. The zero-order chi connectivity index (χ0) is 14.0. The second kappa shape index (κ2) is 5.95. The minimum absolute atomic E-state index is 0.0951. The minimum Gasteiger partial charge on any atom is -0.450 e. The first-order chi connectivity index (χ1) is 8.98. The third-order valence-electron chi connectivity index (χ3n) is 3.52. The van der Waals surface area contributed by atoms with Crippen molar-refractivity contribution in [2.45, 2.75) is 37.7 Å². The zero-order valence-corrected chi connectivity index (χ0v) is 13.2. The Bertz CT molecular complexity index is 536. The molecule has 0 saturated heterocycles. The molecular weight excluding hydrogens is 334 g/mol. The molecule has 0 unspecified atom stereocenters. The topological polar surface area (TPSA) is 70.8 Å². The maximum atomic E-state index is 12.5. The van der Waals surface area contributed by atoms with Crippen LogP contribution in [0.4, 0.5) is 0 Å². The van der Waals surface area contributed by atoms with E-state index in [4.69, 9.17) is 9.52 Å². The Balaban J connectivity index is 2.24. The Morgan fingerprint density at radius 1 is 1.53 bits per heavy atom. The first-order valence-electron chi connectivity index (χ1n) is 6.38. The lowest BCUT2D eigenvalue weighted by Crippen LogP contribution is -2.37. The number of hydrogen-bond acceptors (Lipinski definition) is 4. The van der Waals surface area contributed by atoms with E-state index in [1.807, 2.05) is 6.92 Å². The number of sulfonamides is 1. The molecular formula is C12H18BrNO4S. The van der Waals surface area contributed by atoms with Crippen molar-refractivity contribution in [2.75, 3.05) is 13.1 Å². The molecule has 0 spiro atoms. The standard InChI is InChI=1S/C12H18BrNO4S/c1-2-14(7-9-4-3-5-9)19(16,17)11-6-10(8-15)18-12(11)13/h6,9,15H,2-5,7-8H2,1H3. The third kappa shape index (κ3) is 3.04. The first kappa shape index (κ1) is 15.0. The lowest BCUT2D eigenvalue weighted by Gasteiger charge is -2.30. The van der Waals surface area contributed by atoms with E-state index in [2.05, 4.69) is 15.9 Å².